The van der Waals surface area contributed by atoms with Gasteiger partial charge >= 0.3 is 6.09 Å². The van der Waals surface area contributed by atoms with Gasteiger partial charge in [-0.05, 0) is 101 Å². The number of nitrogens with two attached hydrogens (primary N) is 1. The number of aromatic nitrogens is 7. The van der Waals surface area contributed by atoms with Crippen LogP contribution >= 0.6 is 0 Å². The highest BCUT2D eigenvalue weighted by Crippen LogP contribution is 2.57. The third-order valence-corrected chi connectivity index (χ3v) is 14.9. The number of carbonyl (C=O) groups excluding carboxylic acids is 4. The number of benzene rings is 1. The molecule has 69 heavy (non-hydrogen) atoms. The third kappa shape index (κ3) is 8.51. The number of likely N-dealkylation sites (tertiary alicyclic amines) is 3. The molecule has 4 saturated heterocycles. The number of nitrogens with one attached hydrogen (secondary N) is 2. The number of piperidine rings is 2. The average Bonchev–Trinajstić information content (AvgIpc) is 3.89. The van der Waals surface area contributed by atoms with Crippen LogP contribution in [0.2, 0.25) is 0 Å². The van der Waals surface area contributed by atoms with E-state index < -0.39 is 35.2 Å². The molecular formula is C48H55F2N13O6. The molecule has 1 atom stereocenters. The van der Waals surface area contributed by atoms with Gasteiger partial charge in [-0.3, -0.25) is 19.7 Å². The molecule has 0 radical (unpaired) electrons. The van der Waals surface area contributed by atoms with Gasteiger partial charge < -0.3 is 35.0 Å². The third-order valence-electron chi connectivity index (χ3n) is 14.9. The number of carbonyl (C=O) groups is 4. The summed E-state index contributed by atoms with van der Waals surface area (Å²) in [6, 6.07) is 1.76. The highest BCUT2D eigenvalue weighted by molar-refractivity contribution is 6.02. The first kappa shape index (κ1) is 44.8. The normalized spacial score (nSPS) is 21.3. The molecule has 11 rings (SSSR count). The lowest BCUT2D eigenvalue weighted by atomic mass is 9.56. The number of rotatable bonds is 11. The molecule has 4 N–H and O–H groups in total. The van der Waals surface area contributed by atoms with Gasteiger partial charge in [0.25, 0.3) is 5.91 Å². The van der Waals surface area contributed by atoms with E-state index in [1.165, 1.54) is 18.5 Å². The number of hydrogen-bond acceptors (Lipinski definition) is 15. The first-order valence-corrected chi connectivity index (χ1v) is 23.9. The van der Waals surface area contributed by atoms with Crippen molar-refractivity contribution < 1.29 is 37.2 Å². The summed E-state index contributed by atoms with van der Waals surface area (Å²) >= 11 is 0. The largest absolute Gasteiger partial charge is 0.439 e. The van der Waals surface area contributed by atoms with E-state index in [-0.39, 0.29) is 71.5 Å². The van der Waals surface area contributed by atoms with Crippen molar-refractivity contribution in [2.24, 2.45) is 11.3 Å². The lowest BCUT2D eigenvalue weighted by molar-refractivity contribution is -0.137. The molecule has 1 spiro atoms. The minimum atomic E-state index is -0.722. The van der Waals surface area contributed by atoms with Crippen molar-refractivity contribution in [2.45, 2.75) is 101 Å². The maximum Gasteiger partial charge on any atom is 0.410 e. The zero-order valence-electron chi connectivity index (χ0n) is 38.8. The average molecular weight is 948 g/mol. The van der Waals surface area contributed by atoms with Crippen molar-refractivity contribution >= 4 is 46.4 Å². The number of anilines is 2. The first-order valence-electron chi connectivity index (χ1n) is 23.9. The lowest BCUT2D eigenvalue weighted by Gasteiger charge is -2.60. The van der Waals surface area contributed by atoms with E-state index in [0.29, 0.717) is 84.5 Å². The van der Waals surface area contributed by atoms with Crippen LogP contribution in [-0.2, 0) is 24.7 Å². The van der Waals surface area contributed by atoms with Crippen molar-refractivity contribution in [2.75, 3.05) is 63.5 Å². The Labute approximate surface area is 395 Å². The quantitative estimate of drug-likeness (QED) is 0.143. The molecule has 0 bridgehead atoms. The number of nitrogen functional groups attached to an aromatic ring is 1. The minimum Gasteiger partial charge on any atom is -0.439 e. The van der Waals surface area contributed by atoms with Crippen LogP contribution in [0, 0.1) is 23.0 Å². The summed E-state index contributed by atoms with van der Waals surface area (Å²) in [6.07, 6.45) is 9.92. The van der Waals surface area contributed by atoms with Crippen molar-refractivity contribution in [1.29, 1.82) is 0 Å². The lowest BCUT2D eigenvalue weighted by Crippen LogP contribution is -2.62. The zero-order valence-corrected chi connectivity index (χ0v) is 38.8. The van der Waals surface area contributed by atoms with Crippen LogP contribution < -0.4 is 16.4 Å². The van der Waals surface area contributed by atoms with E-state index in [4.69, 9.17) is 30.1 Å². The Hall–Kier alpha value is -6.64. The van der Waals surface area contributed by atoms with Gasteiger partial charge in [-0.15, -0.1) is 0 Å². The molecule has 2 aliphatic carbocycles. The number of halogens is 2. The molecular weight excluding hydrogens is 893 g/mol. The molecule has 1 aromatic carbocycles. The molecule has 362 valence electrons. The van der Waals surface area contributed by atoms with Crippen LogP contribution in [0.15, 0.2) is 35.4 Å². The standard InChI is InChI=1S/C48H55F2N13O6/c1-47(2,3)63-44-38(42(51)54-24-55-44)39(58-63)40-37(41(69-59-40)26-4-5-26)43-52-16-28(17-53-43)29-19-62(20-29)46(67)68-21-35(65)61-10-8-25(9-11-61)18-60-22-48(23-60)14-27(15-48)36-31(49)12-30(13-32(36)50)56-33-6-7-34(64)57-45(33)66/h12-13,16-17,24-27,29,33,56H,4-11,14-15,18-23H2,1-3H3,(H2,51,54,55)(H,57,64,66). The SMILES string of the molecule is CC(C)(C)n1nc(-c2noc(C3CC3)c2-c2ncc(C3CN(C(=O)OCC(=O)N4CCC(CN5CC6(CC(c7c(F)cc(NC8CCC(=O)NC8=O)cc7F)C6)C5)CC4)C3)cn2)c2c(N)ncnc21. The topological polar surface area (TPSA) is 233 Å². The molecule has 4 aliphatic heterocycles. The second-order valence-corrected chi connectivity index (χ2v) is 21.0. The van der Waals surface area contributed by atoms with E-state index in [0.717, 1.165) is 50.9 Å². The Morgan fingerprint density at radius 3 is 2.30 bits per heavy atom. The summed E-state index contributed by atoms with van der Waals surface area (Å²) in [5, 5.41) is 15.1. The number of amides is 4. The van der Waals surface area contributed by atoms with Crippen LogP contribution in [0.5, 0.6) is 0 Å². The van der Waals surface area contributed by atoms with Gasteiger partial charge in [0.05, 0.1) is 16.5 Å². The number of imide groups is 1. The van der Waals surface area contributed by atoms with Gasteiger partial charge in [-0.25, -0.2) is 38.2 Å². The predicted molar refractivity (Wildman–Crippen MR) is 245 cm³/mol. The monoisotopic (exact) mass is 947 g/mol. The fraction of sp³-hybridized carbons (Fsp3) is 0.542. The molecule has 8 heterocycles. The van der Waals surface area contributed by atoms with Crippen LogP contribution in [0.3, 0.4) is 0 Å². The summed E-state index contributed by atoms with van der Waals surface area (Å²) in [6.45, 7) is 10.5. The molecule has 19 nitrogen and oxygen atoms in total. The molecule has 4 amide bonds. The number of hydrogen-bond donors (Lipinski definition) is 3. The molecule has 21 heteroatoms. The second-order valence-electron chi connectivity index (χ2n) is 21.0. The van der Waals surface area contributed by atoms with E-state index in [1.54, 1.807) is 22.2 Å². The Kier molecular flexibility index (Phi) is 11.1. The van der Waals surface area contributed by atoms with E-state index in [2.05, 4.69) is 30.7 Å². The summed E-state index contributed by atoms with van der Waals surface area (Å²) in [7, 11) is 0. The van der Waals surface area contributed by atoms with Gasteiger partial charge in [0.15, 0.2) is 23.8 Å². The van der Waals surface area contributed by atoms with Gasteiger partial charge in [-0.2, -0.15) is 5.10 Å². The zero-order chi connectivity index (χ0) is 47.9. The van der Waals surface area contributed by atoms with Crippen molar-refractivity contribution in [3.8, 4) is 22.8 Å². The van der Waals surface area contributed by atoms with Gasteiger partial charge in [0.2, 0.25) is 11.8 Å². The van der Waals surface area contributed by atoms with Gasteiger partial charge in [0.1, 0.15) is 41.2 Å². The first-order chi connectivity index (χ1) is 33.1. The highest BCUT2D eigenvalue weighted by Gasteiger charge is 2.54. The Morgan fingerprint density at radius 1 is 0.928 bits per heavy atom. The Bertz CT molecular complexity index is 2830. The van der Waals surface area contributed by atoms with Crippen molar-refractivity contribution in [1.82, 2.24) is 54.9 Å². The fourth-order valence-electron chi connectivity index (χ4n) is 11.0. The minimum absolute atomic E-state index is 0.00247. The number of nitrogens with zero attached hydrogens (tertiary/aromatic N) is 10. The Balaban J connectivity index is 0.617. The van der Waals surface area contributed by atoms with Gasteiger partial charge in [0, 0.05) is 87.7 Å². The molecule has 6 fully saturated rings. The summed E-state index contributed by atoms with van der Waals surface area (Å²) in [5.41, 5.74) is 9.43. The van der Waals surface area contributed by atoms with Crippen LogP contribution in [0.25, 0.3) is 33.8 Å². The Morgan fingerprint density at radius 2 is 1.64 bits per heavy atom. The van der Waals surface area contributed by atoms with Crippen molar-refractivity contribution in [3.63, 3.8) is 0 Å². The molecule has 2 saturated carbocycles. The van der Waals surface area contributed by atoms with E-state index in [9.17, 15) is 19.2 Å². The molecule has 6 aliphatic rings. The smallest absolute Gasteiger partial charge is 0.410 e. The van der Waals surface area contributed by atoms with Crippen molar-refractivity contribution in [3.05, 3.63) is 59.4 Å². The van der Waals surface area contributed by atoms with Crippen LogP contribution in [-0.4, -0.2) is 132 Å². The highest BCUT2D eigenvalue weighted by atomic mass is 19.1. The second kappa shape index (κ2) is 17.1. The maximum atomic E-state index is 15.2. The fourth-order valence-corrected chi connectivity index (χ4v) is 11.0. The maximum absolute atomic E-state index is 15.2. The summed E-state index contributed by atoms with van der Waals surface area (Å²) in [5.74, 6) is -0.444. The van der Waals surface area contributed by atoms with E-state index in [1.807, 2.05) is 25.5 Å². The predicted octanol–water partition coefficient (Wildman–Crippen LogP) is 5.30. The number of ether oxygens (including phenoxy) is 1. The molecule has 5 aromatic rings. The van der Waals surface area contributed by atoms with E-state index >= 15 is 8.78 Å². The number of fused-ring (bicyclic) bond motifs is 1. The van der Waals surface area contributed by atoms with Gasteiger partial charge in [-0.1, -0.05) is 5.16 Å². The van der Waals surface area contributed by atoms with Crippen LogP contribution in [0.1, 0.15) is 107 Å². The molecule has 4 aromatic heterocycles. The summed E-state index contributed by atoms with van der Waals surface area (Å²) in [4.78, 5) is 73.6. The van der Waals surface area contributed by atoms with Crippen LogP contribution in [0.4, 0.5) is 25.1 Å². The molecule has 1 unspecified atom stereocenters. The summed E-state index contributed by atoms with van der Waals surface area (Å²) < 4.78 is 43.7.